The Hall–Kier alpha value is -0.870. The largest absolute Gasteiger partial charge is 0.297 e. The molecule has 5 unspecified atom stereocenters. The molecule has 4 fully saturated rings. The van der Waals surface area contributed by atoms with Gasteiger partial charge in [-0.2, -0.15) is 8.42 Å². The van der Waals surface area contributed by atoms with Crippen LogP contribution in [0.4, 0.5) is 0 Å². The molecule has 4 saturated carbocycles. The molecule has 0 bridgehead atoms. The molecule has 5 rings (SSSR count). The van der Waals surface area contributed by atoms with Gasteiger partial charge < -0.3 is 0 Å². The highest BCUT2D eigenvalue weighted by Crippen LogP contribution is 2.68. The third-order valence-electron chi connectivity index (χ3n) is 12.4. The Balaban J connectivity index is 1.24. The van der Waals surface area contributed by atoms with Gasteiger partial charge in [0.15, 0.2) is 0 Å². The molecule has 38 heavy (non-hydrogen) atoms. The molecule has 4 aliphatic rings. The molecule has 9 atom stereocenters. The van der Waals surface area contributed by atoms with E-state index in [0.29, 0.717) is 21.6 Å². The molecule has 0 saturated heterocycles. The molecule has 0 aliphatic heterocycles. The molecule has 0 spiro atoms. The van der Waals surface area contributed by atoms with Crippen LogP contribution in [0.2, 0.25) is 0 Å². The van der Waals surface area contributed by atoms with Crippen molar-refractivity contribution in [1.82, 2.24) is 0 Å². The second-order valence-electron chi connectivity index (χ2n) is 14.9. The van der Waals surface area contributed by atoms with Crippen molar-refractivity contribution in [2.45, 2.75) is 130 Å². The lowest BCUT2D eigenvalue weighted by molar-refractivity contribution is -0.126. The van der Waals surface area contributed by atoms with Crippen LogP contribution in [0.1, 0.15) is 117 Å². The van der Waals surface area contributed by atoms with E-state index in [0.717, 1.165) is 60.3 Å². The molecule has 0 amide bonds. The highest BCUT2D eigenvalue weighted by atomic mass is 32.2. The molecular formula is C34H54O3S. The smallest absolute Gasteiger partial charge is 0.263 e. The maximum atomic E-state index is 13.0. The zero-order chi connectivity index (χ0) is 27.3. The van der Waals surface area contributed by atoms with Crippen molar-refractivity contribution in [3.8, 4) is 0 Å². The summed E-state index contributed by atoms with van der Waals surface area (Å²) >= 11 is 0. The van der Waals surface area contributed by atoms with Gasteiger partial charge in [-0.05, 0) is 129 Å². The van der Waals surface area contributed by atoms with E-state index in [1.165, 1.54) is 57.8 Å². The van der Waals surface area contributed by atoms with Gasteiger partial charge in [0.25, 0.3) is 10.1 Å². The summed E-state index contributed by atoms with van der Waals surface area (Å²) in [5.41, 5.74) is 1.94. The fourth-order valence-corrected chi connectivity index (χ4v) is 11.4. The second kappa shape index (κ2) is 10.8. The Morgan fingerprint density at radius 1 is 0.868 bits per heavy atom. The van der Waals surface area contributed by atoms with E-state index in [-0.39, 0.29) is 6.10 Å². The molecule has 1 aromatic carbocycles. The zero-order valence-electron chi connectivity index (χ0n) is 25.0. The van der Waals surface area contributed by atoms with Crippen LogP contribution in [0, 0.1) is 59.2 Å². The van der Waals surface area contributed by atoms with E-state index < -0.39 is 10.1 Å². The molecule has 214 valence electrons. The van der Waals surface area contributed by atoms with Crippen LogP contribution in [0.5, 0.6) is 0 Å². The first kappa shape index (κ1) is 28.7. The Morgan fingerprint density at radius 2 is 1.55 bits per heavy atom. The van der Waals surface area contributed by atoms with Gasteiger partial charge in [0.05, 0.1) is 11.0 Å². The van der Waals surface area contributed by atoms with Crippen LogP contribution in [0.15, 0.2) is 29.2 Å². The Kier molecular flexibility index (Phi) is 8.17. The summed E-state index contributed by atoms with van der Waals surface area (Å²) in [5.74, 6) is 5.75. The lowest BCUT2D eigenvalue weighted by Gasteiger charge is -2.61. The van der Waals surface area contributed by atoms with Crippen LogP contribution in [0.3, 0.4) is 0 Å². The van der Waals surface area contributed by atoms with Gasteiger partial charge in [-0.1, -0.05) is 71.6 Å². The number of aryl methyl sites for hydroxylation is 1. The number of hydrogen-bond donors (Lipinski definition) is 0. The summed E-state index contributed by atoms with van der Waals surface area (Å²) in [6.45, 7) is 14.5. The molecule has 0 radical (unpaired) electrons. The Labute approximate surface area is 234 Å². The number of benzene rings is 1. The van der Waals surface area contributed by atoms with Crippen molar-refractivity contribution in [2.75, 3.05) is 0 Å². The maximum absolute atomic E-state index is 13.0. The third-order valence-corrected chi connectivity index (χ3v) is 13.8. The first-order valence-corrected chi connectivity index (χ1v) is 17.3. The van der Waals surface area contributed by atoms with Gasteiger partial charge in [0, 0.05) is 0 Å². The molecule has 0 aromatic heterocycles. The number of fused-ring (bicyclic) bond motifs is 5. The predicted molar refractivity (Wildman–Crippen MR) is 156 cm³/mol. The van der Waals surface area contributed by atoms with Crippen LogP contribution in [-0.4, -0.2) is 14.5 Å². The average Bonchev–Trinajstić information content (AvgIpc) is 3.21. The van der Waals surface area contributed by atoms with Crippen molar-refractivity contribution in [3.05, 3.63) is 29.8 Å². The quantitative estimate of drug-likeness (QED) is 0.308. The van der Waals surface area contributed by atoms with E-state index in [2.05, 4.69) is 34.6 Å². The summed E-state index contributed by atoms with van der Waals surface area (Å²) in [7, 11) is -3.70. The number of rotatable bonds is 8. The van der Waals surface area contributed by atoms with E-state index in [9.17, 15) is 8.42 Å². The predicted octanol–water partition coefficient (Wildman–Crippen LogP) is 9.19. The van der Waals surface area contributed by atoms with Crippen molar-refractivity contribution in [1.29, 1.82) is 0 Å². The van der Waals surface area contributed by atoms with Gasteiger partial charge in [0.1, 0.15) is 0 Å². The van der Waals surface area contributed by atoms with E-state index >= 15 is 0 Å². The average molecular weight is 543 g/mol. The van der Waals surface area contributed by atoms with Crippen molar-refractivity contribution in [3.63, 3.8) is 0 Å². The van der Waals surface area contributed by atoms with Crippen LogP contribution in [0.25, 0.3) is 0 Å². The Morgan fingerprint density at radius 3 is 2.26 bits per heavy atom. The van der Waals surface area contributed by atoms with Gasteiger partial charge in [-0.25, -0.2) is 0 Å². The first-order chi connectivity index (χ1) is 17.9. The highest BCUT2D eigenvalue weighted by molar-refractivity contribution is 7.86. The maximum Gasteiger partial charge on any atom is 0.297 e. The minimum absolute atomic E-state index is 0.174. The highest BCUT2D eigenvalue weighted by Gasteiger charge is 2.60. The summed E-state index contributed by atoms with van der Waals surface area (Å²) in [4.78, 5) is 0.293. The SMILES string of the molecule is Cc1ccc(S(=O)(=O)OC2CC[C@@]3(C)C(CCC4C3CC[C@@]3(C)C4CC[C@@H]3[C@H](C)CCCC(C)C)C2)cc1. The molecule has 0 heterocycles. The summed E-state index contributed by atoms with van der Waals surface area (Å²) in [6, 6.07) is 7.07. The molecule has 1 aromatic rings. The van der Waals surface area contributed by atoms with Crippen LogP contribution in [-0.2, 0) is 14.3 Å². The van der Waals surface area contributed by atoms with Gasteiger partial charge >= 0.3 is 0 Å². The molecular weight excluding hydrogens is 488 g/mol. The zero-order valence-corrected chi connectivity index (χ0v) is 25.9. The minimum atomic E-state index is -3.70. The number of hydrogen-bond acceptors (Lipinski definition) is 3. The topological polar surface area (TPSA) is 43.4 Å². The molecule has 4 heteroatoms. The van der Waals surface area contributed by atoms with Crippen LogP contribution >= 0.6 is 0 Å². The lowest BCUT2D eigenvalue weighted by Crippen LogP contribution is -2.54. The van der Waals surface area contributed by atoms with E-state index in [1.807, 2.05) is 19.1 Å². The molecule has 3 nitrogen and oxygen atoms in total. The normalized spacial score (nSPS) is 39.9. The minimum Gasteiger partial charge on any atom is -0.263 e. The van der Waals surface area contributed by atoms with Gasteiger partial charge in [-0.3, -0.25) is 4.18 Å². The van der Waals surface area contributed by atoms with E-state index in [4.69, 9.17) is 4.18 Å². The summed E-state index contributed by atoms with van der Waals surface area (Å²) < 4.78 is 31.9. The fraction of sp³-hybridized carbons (Fsp3) is 0.824. The lowest BCUT2D eigenvalue weighted by atomic mass is 9.44. The standard InChI is InChI=1S/C34H54O3S/c1-23(2)8-7-9-25(4)30-16-17-31-29-15-12-26-22-27(37-38(35,36)28-13-10-24(3)11-14-28)18-20-33(26,5)32(29)19-21-34(30,31)6/h10-11,13-14,23,25-27,29-32H,7-9,12,15-22H2,1-6H3/t25-,26?,27?,29?,30-,31?,32?,33+,34-/m1/s1. The summed E-state index contributed by atoms with van der Waals surface area (Å²) in [5, 5.41) is 0. The van der Waals surface area contributed by atoms with Crippen molar-refractivity contribution < 1.29 is 12.6 Å². The Bertz CT molecular complexity index is 1060. The van der Waals surface area contributed by atoms with Crippen molar-refractivity contribution >= 4 is 10.1 Å². The van der Waals surface area contributed by atoms with Gasteiger partial charge in [0.2, 0.25) is 0 Å². The molecule has 4 aliphatic carbocycles. The van der Waals surface area contributed by atoms with Crippen LogP contribution < -0.4 is 0 Å². The van der Waals surface area contributed by atoms with Gasteiger partial charge in [-0.15, -0.1) is 0 Å². The summed E-state index contributed by atoms with van der Waals surface area (Å²) in [6.07, 6.45) is 15.2. The third kappa shape index (κ3) is 5.27. The first-order valence-electron chi connectivity index (χ1n) is 15.9. The fourth-order valence-electron chi connectivity index (χ4n) is 10.3. The second-order valence-corrected chi connectivity index (χ2v) is 16.5. The van der Waals surface area contributed by atoms with E-state index in [1.54, 1.807) is 12.1 Å². The van der Waals surface area contributed by atoms with Crippen molar-refractivity contribution in [2.24, 2.45) is 52.3 Å². The monoisotopic (exact) mass is 542 g/mol. The molecule has 0 N–H and O–H groups in total.